The monoisotopic (exact) mass is 393 g/mol. The molecule has 1 saturated heterocycles. The number of piperazine rings is 1. The lowest BCUT2D eigenvalue weighted by atomic mass is 10.2. The van der Waals surface area contributed by atoms with Gasteiger partial charge in [0.1, 0.15) is 30.5 Å². The Bertz CT molecular complexity index is 968. The van der Waals surface area contributed by atoms with Crippen LogP contribution in [0.2, 0.25) is 0 Å². The summed E-state index contributed by atoms with van der Waals surface area (Å²) >= 11 is 0. The third-order valence-electron chi connectivity index (χ3n) is 4.86. The molecule has 9 nitrogen and oxygen atoms in total. The van der Waals surface area contributed by atoms with Crippen LogP contribution in [0.25, 0.3) is 5.82 Å². The zero-order valence-electron chi connectivity index (χ0n) is 16.5. The molecule has 9 heteroatoms. The van der Waals surface area contributed by atoms with E-state index >= 15 is 0 Å². The zero-order chi connectivity index (χ0) is 20.2. The van der Waals surface area contributed by atoms with Crippen LogP contribution < -0.4 is 9.64 Å². The van der Waals surface area contributed by atoms with Gasteiger partial charge in [-0.1, -0.05) is 12.1 Å². The second-order valence-electron chi connectivity index (χ2n) is 6.96. The molecule has 1 atom stereocenters. The minimum absolute atomic E-state index is 0.00264. The highest BCUT2D eigenvalue weighted by Crippen LogP contribution is 2.18. The van der Waals surface area contributed by atoms with Gasteiger partial charge in [-0.2, -0.15) is 5.10 Å². The fraction of sp³-hybridized carbons (Fsp3) is 0.350. The number of nitrogens with zero attached hydrogens (tertiary/aromatic N) is 7. The van der Waals surface area contributed by atoms with Crippen LogP contribution in [0.4, 0.5) is 5.82 Å². The topological polar surface area (TPSA) is 89.3 Å². The molecule has 2 aromatic heterocycles. The molecule has 0 saturated carbocycles. The SMILES string of the molecule is Cc1cccc(O[C@H](C)C(=O)N2CCN(c3cc(-n4cncn4)ncn3)CC2)c1. The first-order chi connectivity index (χ1) is 14.1. The van der Waals surface area contributed by atoms with Gasteiger partial charge in [-0.25, -0.2) is 19.6 Å². The summed E-state index contributed by atoms with van der Waals surface area (Å²) in [7, 11) is 0. The van der Waals surface area contributed by atoms with Gasteiger partial charge in [0, 0.05) is 32.2 Å². The fourth-order valence-corrected chi connectivity index (χ4v) is 3.32. The molecule has 150 valence electrons. The van der Waals surface area contributed by atoms with E-state index < -0.39 is 6.10 Å². The minimum Gasteiger partial charge on any atom is -0.481 e. The van der Waals surface area contributed by atoms with Crippen LogP contribution in [0, 0.1) is 6.92 Å². The molecular weight excluding hydrogens is 370 g/mol. The van der Waals surface area contributed by atoms with Crippen molar-refractivity contribution in [3.05, 3.63) is 54.9 Å². The van der Waals surface area contributed by atoms with Crippen LogP contribution in [0.3, 0.4) is 0 Å². The standard InChI is InChI=1S/C20H23N7O2/c1-15-4-3-5-17(10-15)29-16(2)20(28)26-8-6-25(7-9-26)18-11-19(23-13-22-18)27-14-21-12-24-27/h3-5,10-14,16H,6-9H2,1-2H3/t16-/m1/s1. The number of benzene rings is 1. The first-order valence-corrected chi connectivity index (χ1v) is 9.54. The maximum atomic E-state index is 12.8. The number of ether oxygens (including phenoxy) is 1. The van der Waals surface area contributed by atoms with E-state index in [0.717, 1.165) is 11.4 Å². The molecule has 0 radical (unpaired) electrons. The Morgan fingerprint density at radius 3 is 2.59 bits per heavy atom. The molecule has 29 heavy (non-hydrogen) atoms. The number of hydrogen-bond acceptors (Lipinski definition) is 7. The van der Waals surface area contributed by atoms with Gasteiger partial charge in [0.15, 0.2) is 11.9 Å². The summed E-state index contributed by atoms with van der Waals surface area (Å²) in [5.41, 5.74) is 1.10. The van der Waals surface area contributed by atoms with Crippen molar-refractivity contribution in [2.24, 2.45) is 0 Å². The predicted molar refractivity (Wildman–Crippen MR) is 107 cm³/mol. The van der Waals surface area contributed by atoms with Crippen molar-refractivity contribution in [1.29, 1.82) is 0 Å². The Hall–Kier alpha value is -3.49. The van der Waals surface area contributed by atoms with Gasteiger partial charge in [-0.15, -0.1) is 0 Å². The average molecular weight is 393 g/mol. The molecule has 0 unspecified atom stereocenters. The van der Waals surface area contributed by atoms with Gasteiger partial charge in [-0.3, -0.25) is 4.79 Å². The van der Waals surface area contributed by atoms with E-state index in [1.807, 2.05) is 42.2 Å². The highest BCUT2D eigenvalue weighted by Gasteiger charge is 2.26. The van der Waals surface area contributed by atoms with E-state index in [1.54, 1.807) is 17.9 Å². The summed E-state index contributed by atoms with van der Waals surface area (Å²) in [6.45, 7) is 6.41. The molecular formula is C20H23N7O2. The number of aryl methyl sites for hydroxylation is 1. The maximum absolute atomic E-state index is 12.8. The first-order valence-electron chi connectivity index (χ1n) is 9.54. The average Bonchev–Trinajstić information content (AvgIpc) is 3.28. The number of amides is 1. The molecule has 3 aromatic rings. The quantitative estimate of drug-likeness (QED) is 0.649. The van der Waals surface area contributed by atoms with Crippen LogP contribution in [0.5, 0.6) is 5.75 Å². The summed E-state index contributed by atoms with van der Waals surface area (Å²) in [6.07, 6.45) is 4.05. The molecule has 1 amide bonds. The molecule has 0 aliphatic carbocycles. The highest BCUT2D eigenvalue weighted by molar-refractivity contribution is 5.81. The van der Waals surface area contributed by atoms with E-state index in [1.165, 1.54) is 12.7 Å². The molecule has 3 heterocycles. The lowest BCUT2D eigenvalue weighted by Crippen LogP contribution is -2.52. The van der Waals surface area contributed by atoms with Crippen LogP contribution in [-0.2, 0) is 4.79 Å². The first kappa shape index (κ1) is 18.9. The smallest absolute Gasteiger partial charge is 0.263 e. The Labute approximate surface area is 169 Å². The highest BCUT2D eigenvalue weighted by atomic mass is 16.5. The van der Waals surface area contributed by atoms with Crippen LogP contribution in [0.1, 0.15) is 12.5 Å². The Morgan fingerprint density at radius 2 is 1.86 bits per heavy atom. The van der Waals surface area contributed by atoms with Crippen molar-refractivity contribution in [2.75, 3.05) is 31.1 Å². The molecule has 0 N–H and O–H groups in total. The van der Waals surface area contributed by atoms with Crippen LogP contribution in [-0.4, -0.2) is 67.8 Å². The normalized spacial score (nSPS) is 15.2. The molecule has 0 bridgehead atoms. The molecule has 4 rings (SSSR count). The van der Waals surface area contributed by atoms with Gasteiger partial charge in [-0.05, 0) is 31.5 Å². The third-order valence-corrected chi connectivity index (χ3v) is 4.86. The van der Waals surface area contributed by atoms with Crippen molar-refractivity contribution in [2.45, 2.75) is 20.0 Å². The lowest BCUT2D eigenvalue weighted by molar-refractivity contribution is -0.138. The van der Waals surface area contributed by atoms with E-state index in [-0.39, 0.29) is 5.91 Å². The van der Waals surface area contributed by atoms with Gasteiger partial charge >= 0.3 is 0 Å². The number of anilines is 1. The van der Waals surface area contributed by atoms with Crippen LogP contribution >= 0.6 is 0 Å². The lowest BCUT2D eigenvalue weighted by Gasteiger charge is -2.36. The minimum atomic E-state index is -0.527. The van der Waals surface area contributed by atoms with E-state index in [9.17, 15) is 4.79 Å². The Balaban J connectivity index is 1.35. The summed E-state index contributed by atoms with van der Waals surface area (Å²) in [5.74, 6) is 2.18. The van der Waals surface area contributed by atoms with E-state index in [2.05, 4.69) is 25.0 Å². The van der Waals surface area contributed by atoms with Crippen molar-refractivity contribution in [3.63, 3.8) is 0 Å². The third kappa shape index (κ3) is 4.34. The second kappa shape index (κ2) is 8.26. The Kier molecular flexibility index (Phi) is 5.37. The Morgan fingerprint density at radius 1 is 1.07 bits per heavy atom. The van der Waals surface area contributed by atoms with Crippen molar-refractivity contribution in [1.82, 2.24) is 29.6 Å². The second-order valence-corrected chi connectivity index (χ2v) is 6.96. The number of rotatable bonds is 5. The van der Waals surface area contributed by atoms with Crippen molar-refractivity contribution < 1.29 is 9.53 Å². The van der Waals surface area contributed by atoms with Gasteiger partial charge in [0.05, 0.1) is 0 Å². The van der Waals surface area contributed by atoms with E-state index in [0.29, 0.717) is 37.7 Å². The number of aromatic nitrogens is 5. The molecule has 1 aliphatic rings. The summed E-state index contributed by atoms with van der Waals surface area (Å²) in [6, 6.07) is 9.60. The number of carbonyl (C=O) groups excluding carboxylic acids is 1. The van der Waals surface area contributed by atoms with Crippen LogP contribution in [0.15, 0.2) is 49.3 Å². The summed E-state index contributed by atoms with van der Waals surface area (Å²) in [4.78, 5) is 29.3. The molecule has 1 fully saturated rings. The predicted octanol–water partition coefficient (Wildman–Crippen LogP) is 1.48. The molecule has 1 aromatic carbocycles. The van der Waals surface area contributed by atoms with Crippen molar-refractivity contribution in [3.8, 4) is 11.6 Å². The summed E-state index contributed by atoms with van der Waals surface area (Å²) < 4.78 is 7.43. The van der Waals surface area contributed by atoms with Gasteiger partial charge in [0.2, 0.25) is 0 Å². The fourth-order valence-electron chi connectivity index (χ4n) is 3.32. The van der Waals surface area contributed by atoms with Gasteiger partial charge < -0.3 is 14.5 Å². The maximum Gasteiger partial charge on any atom is 0.263 e. The van der Waals surface area contributed by atoms with Crippen molar-refractivity contribution >= 4 is 11.7 Å². The molecule has 1 aliphatic heterocycles. The largest absolute Gasteiger partial charge is 0.481 e. The van der Waals surface area contributed by atoms with Gasteiger partial charge in [0.25, 0.3) is 5.91 Å². The number of carbonyl (C=O) groups is 1. The molecule has 0 spiro atoms. The van der Waals surface area contributed by atoms with E-state index in [4.69, 9.17) is 4.74 Å². The zero-order valence-corrected chi connectivity index (χ0v) is 16.5. The summed E-state index contributed by atoms with van der Waals surface area (Å²) in [5, 5.41) is 4.10. The number of hydrogen-bond donors (Lipinski definition) is 0.